The van der Waals surface area contributed by atoms with Gasteiger partial charge in [-0.2, -0.15) is 0 Å². The van der Waals surface area contributed by atoms with Gasteiger partial charge in [-0.1, -0.05) is 0 Å². The minimum atomic E-state index is -1.04. The number of carbonyl (C=O) groups excluding carboxylic acids is 2. The number of carboxylic acids is 1. The molecule has 0 amide bonds. The van der Waals surface area contributed by atoms with Crippen LogP contribution in [0, 0.1) is 0 Å². The Morgan fingerprint density at radius 3 is 2.20 bits per heavy atom. The highest BCUT2D eigenvalue weighted by Crippen LogP contribution is 2.31. The van der Waals surface area contributed by atoms with Gasteiger partial charge < -0.3 is 19.9 Å². The summed E-state index contributed by atoms with van der Waals surface area (Å²) >= 11 is 0. The number of rotatable bonds is 7. The molecule has 8 heteroatoms. The topological polar surface area (TPSA) is 115 Å². The Kier molecular flexibility index (Phi) is 6.26. The van der Waals surface area contributed by atoms with Crippen molar-refractivity contribution < 1.29 is 29.0 Å². The van der Waals surface area contributed by atoms with Crippen LogP contribution in [-0.2, 0) is 9.47 Å². The zero-order valence-corrected chi connectivity index (χ0v) is 16.5. The van der Waals surface area contributed by atoms with E-state index in [9.17, 15) is 14.4 Å². The van der Waals surface area contributed by atoms with E-state index in [1.807, 2.05) is 0 Å². The molecule has 0 radical (unpaired) electrons. The van der Waals surface area contributed by atoms with Crippen LogP contribution in [0.25, 0.3) is 10.9 Å². The predicted molar refractivity (Wildman–Crippen MR) is 110 cm³/mol. The molecule has 2 N–H and O–H groups in total. The molecule has 0 bridgehead atoms. The maximum atomic E-state index is 12.5. The minimum absolute atomic E-state index is 0.135. The van der Waals surface area contributed by atoms with Gasteiger partial charge in [0.15, 0.2) is 0 Å². The third-order valence-electron chi connectivity index (χ3n) is 4.28. The number of ether oxygens (including phenoxy) is 2. The first kappa shape index (κ1) is 20.8. The molecule has 8 nitrogen and oxygen atoms in total. The van der Waals surface area contributed by atoms with Crippen molar-refractivity contribution in [3.8, 4) is 0 Å². The largest absolute Gasteiger partial charge is 0.478 e. The highest BCUT2D eigenvalue weighted by molar-refractivity contribution is 6.07. The maximum absolute atomic E-state index is 12.5. The molecule has 30 heavy (non-hydrogen) atoms. The molecule has 3 rings (SSSR count). The van der Waals surface area contributed by atoms with Gasteiger partial charge in [0.1, 0.15) is 5.56 Å². The Morgan fingerprint density at radius 1 is 0.933 bits per heavy atom. The number of aromatic carboxylic acids is 1. The summed E-state index contributed by atoms with van der Waals surface area (Å²) in [4.78, 5) is 40.0. The lowest BCUT2D eigenvalue weighted by molar-refractivity contribution is 0.0518. The number of carboxylic acid groups (broad SMARTS) is 1. The van der Waals surface area contributed by atoms with Crippen LogP contribution >= 0.6 is 0 Å². The number of anilines is 2. The fourth-order valence-corrected chi connectivity index (χ4v) is 2.87. The van der Waals surface area contributed by atoms with Crippen LogP contribution in [0.2, 0.25) is 0 Å². The van der Waals surface area contributed by atoms with Gasteiger partial charge in [-0.25, -0.2) is 14.4 Å². The van der Waals surface area contributed by atoms with E-state index in [1.165, 1.54) is 18.3 Å². The van der Waals surface area contributed by atoms with Crippen LogP contribution in [0.4, 0.5) is 11.4 Å². The highest BCUT2D eigenvalue weighted by Gasteiger charge is 2.19. The zero-order valence-electron chi connectivity index (χ0n) is 16.5. The van der Waals surface area contributed by atoms with Crippen molar-refractivity contribution in [2.45, 2.75) is 13.8 Å². The van der Waals surface area contributed by atoms with Crippen molar-refractivity contribution in [1.29, 1.82) is 0 Å². The summed E-state index contributed by atoms with van der Waals surface area (Å²) in [5, 5.41) is 12.7. The lowest BCUT2D eigenvalue weighted by Crippen LogP contribution is -2.10. The molecule has 0 atom stereocenters. The first-order valence-electron chi connectivity index (χ1n) is 9.32. The quantitative estimate of drug-likeness (QED) is 0.563. The Bertz CT molecular complexity index is 1100. The maximum Gasteiger partial charge on any atom is 0.341 e. The van der Waals surface area contributed by atoms with E-state index >= 15 is 0 Å². The summed E-state index contributed by atoms with van der Waals surface area (Å²) in [6, 6.07) is 10.9. The van der Waals surface area contributed by atoms with Crippen molar-refractivity contribution in [2.24, 2.45) is 0 Å². The first-order valence-corrected chi connectivity index (χ1v) is 9.32. The third-order valence-corrected chi connectivity index (χ3v) is 4.28. The number of nitrogens with one attached hydrogen (secondary N) is 1. The number of hydrogen-bond donors (Lipinski definition) is 2. The van der Waals surface area contributed by atoms with E-state index in [4.69, 9.17) is 14.6 Å². The highest BCUT2D eigenvalue weighted by atomic mass is 16.5. The Balaban J connectivity index is 2.13. The lowest BCUT2D eigenvalue weighted by atomic mass is 10.1. The van der Waals surface area contributed by atoms with Crippen LogP contribution in [-0.4, -0.2) is 41.2 Å². The Labute approximate surface area is 172 Å². The average Bonchev–Trinajstić information content (AvgIpc) is 2.74. The van der Waals surface area contributed by atoms with Crippen LogP contribution in [0.1, 0.15) is 44.9 Å². The van der Waals surface area contributed by atoms with E-state index in [0.29, 0.717) is 27.8 Å². The number of nitrogens with zero attached hydrogens (tertiary/aromatic N) is 1. The number of aromatic nitrogens is 1. The molecule has 3 aromatic rings. The molecule has 0 aliphatic rings. The van der Waals surface area contributed by atoms with Gasteiger partial charge in [-0.15, -0.1) is 0 Å². The predicted octanol–water partition coefficient (Wildman–Crippen LogP) is 4.03. The zero-order chi connectivity index (χ0) is 21.7. The SMILES string of the molecule is CCOC(=O)c1ccc2ncc(C(=O)OCC)c(Nc3ccc(C(=O)O)cc3)c2c1. The molecular weight excluding hydrogens is 388 g/mol. The van der Waals surface area contributed by atoms with Crippen molar-refractivity contribution in [3.05, 3.63) is 65.4 Å². The number of esters is 2. The van der Waals surface area contributed by atoms with Gasteiger partial charge in [0.2, 0.25) is 0 Å². The van der Waals surface area contributed by atoms with Crippen molar-refractivity contribution in [1.82, 2.24) is 4.98 Å². The summed E-state index contributed by atoms with van der Waals surface area (Å²) < 4.78 is 10.2. The summed E-state index contributed by atoms with van der Waals surface area (Å²) in [6.45, 7) is 3.83. The number of hydrogen-bond acceptors (Lipinski definition) is 7. The molecule has 0 saturated carbocycles. The number of benzene rings is 2. The van der Waals surface area contributed by atoms with E-state index in [0.717, 1.165) is 0 Å². The Hall–Kier alpha value is -3.94. The Morgan fingerprint density at radius 2 is 1.57 bits per heavy atom. The summed E-state index contributed by atoms with van der Waals surface area (Å²) in [7, 11) is 0. The van der Waals surface area contributed by atoms with Gasteiger partial charge in [0.25, 0.3) is 0 Å². The smallest absolute Gasteiger partial charge is 0.341 e. The molecule has 0 spiro atoms. The van der Waals surface area contributed by atoms with Gasteiger partial charge in [-0.3, -0.25) is 4.98 Å². The van der Waals surface area contributed by atoms with Crippen molar-refractivity contribution in [2.75, 3.05) is 18.5 Å². The molecule has 0 fully saturated rings. The van der Waals surface area contributed by atoms with E-state index in [1.54, 1.807) is 44.2 Å². The number of carbonyl (C=O) groups is 3. The molecule has 2 aromatic carbocycles. The fourth-order valence-electron chi connectivity index (χ4n) is 2.87. The molecule has 1 aromatic heterocycles. The van der Waals surface area contributed by atoms with Crippen LogP contribution in [0.3, 0.4) is 0 Å². The van der Waals surface area contributed by atoms with E-state index < -0.39 is 17.9 Å². The van der Waals surface area contributed by atoms with E-state index in [2.05, 4.69) is 10.3 Å². The molecule has 1 heterocycles. The van der Waals surface area contributed by atoms with Gasteiger partial charge in [-0.05, 0) is 56.3 Å². The molecule has 0 aliphatic heterocycles. The van der Waals surface area contributed by atoms with E-state index in [-0.39, 0.29) is 24.3 Å². The van der Waals surface area contributed by atoms with Gasteiger partial charge in [0, 0.05) is 17.3 Å². The second-order valence-corrected chi connectivity index (χ2v) is 6.23. The summed E-state index contributed by atoms with van der Waals surface area (Å²) in [5.74, 6) is -2.10. The third kappa shape index (κ3) is 4.38. The van der Waals surface area contributed by atoms with Gasteiger partial charge in [0.05, 0.1) is 35.5 Å². The van der Waals surface area contributed by atoms with Crippen molar-refractivity contribution >= 4 is 40.2 Å². The van der Waals surface area contributed by atoms with Crippen LogP contribution in [0.5, 0.6) is 0 Å². The standard InChI is InChI=1S/C22H20N2O6/c1-3-29-21(27)14-7-10-18-16(11-14)19(17(12-23-18)22(28)30-4-2)24-15-8-5-13(6-9-15)20(25)26/h5-12H,3-4H2,1-2H3,(H,23,24)(H,25,26). The van der Waals surface area contributed by atoms with Crippen LogP contribution < -0.4 is 5.32 Å². The minimum Gasteiger partial charge on any atom is -0.478 e. The molecule has 154 valence electrons. The van der Waals surface area contributed by atoms with Crippen molar-refractivity contribution in [3.63, 3.8) is 0 Å². The molecular formula is C22H20N2O6. The summed E-state index contributed by atoms with van der Waals surface area (Å²) in [6.07, 6.45) is 1.40. The van der Waals surface area contributed by atoms with Crippen LogP contribution in [0.15, 0.2) is 48.7 Å². The molecule has 0 aliphatic carbocycles. The molecule has 0 unspecified atom stereocenters. The number of pyridine rings is 1. The van der Waals surface area contributed by atoms with Gasteiger partial charge >= 0.3 is 17.9 Å². The average molecular weight is 408 g/mol. The number of fused-ring (bicyclic) bond motifs is 1. The lowest BCUT2D eigenvalue weighted by Gasteiger charge is -2.15. The molecule has 0 saturated heterocycles. The second kappa shape index (κ2) is 9.04. The monoisotopic (exact) mass is 408 g/mol. The second-order valence-electron chi connectivity index (χ2n) is 6.23. The first-order chi connectivity index (χ1) is 14.4. The fraction of sp³-hybridized carbons (Fsp3) is 0.182. The summed E-state index contributed by atoms with van der Waals surface area (Å²) in [5.41, 5.74) is 2.15. The normalized spacial score (nSPS) is 10.5.